The molecule has 1 heterocycles. The van der Waals surface area contributed by atoms with Crippen molar-refractivity contribution in [3.63, 3.8) is 0 Å². The molecule has 0 amide bonds. The number of aromatic nitrogens is 1. The third-order valence-corrected chi connectivity index (χ3v) is 3.17. The lowest BCUT2D eigenvalue weighted by Gasteiger charge is -2.06. The summed E-state index contributed by atoms with van der Waals surface area (Å²) < 4.78 is 37.5. The van der Waals surface area contributed by atoms with Gasteiger partial charge < -0.3 is 10.7 Å². The Morgan fingerprint density at radius 2 is 1.60 bits per heavy atom. The molecule has 0 unspecified atom stereocenters. The maximum absolute atomic E-state index is 12.5. The highest BCUT2D eigenvalue weighted by molar-refractivity contribution is 5.88. The van der Waals surface area contributed by atoms with Crippen molar-refractivity contribution in [2.75, 3.05) is 5.73 Å². The minimum Gasteiger partial charge on any atom is -0.399 e. The topological polar surface area (TPSA) is 41.8 Å². The Labute approximate surface area is 113 Å². The molecule has 3 N–H and O–H groups in total. The highest BCUT2D eigenvalue weighted by Crippen LogP contribution is 2.31. The monoisotopic (exact) mass is 276 g/mol. The number of H-pyrrole nitrogens is 1. The van der Waals surface area contributed by atoms with Crippen LogP contribution in [0.25, 0.3) is 22.2 Å². The van der Waals surface area contributed by atoms with Gasteiger partial charge in [0.2, 0.25) is 0 Å². The van der Waals surface area contributed by atoms with Crippen LogP contribution in [0.15, 0.2) is 48.5 Å². The van der Waals surface area contributed by atoms with Gasteiger partial charge in [-0.1, -0.05) is 12.1 Å². The van der Waals surface area contributed by atoms with E-state index in [1.807, 2.05) is 18.2 Å². The molecule has 3 aromatic rings. The number of halogens is 3. The number of nitrogens with one attached hydrogen (secondary N) is 1. The first-order valence-corrected chi connectivity index (χ1v) is 5.99. The first-order valence-electron chi connectivity index (χ1n) is 5.99. The van der Waals surface area contributed by atoms with Crippen LogP contribution in [0, 0.1) is 0 Å². The number of benzene rings is 2. The average Bonchev–Trinajstić information content (AvgIpc) is 2.80. The molecule has 3 rings (SSSR count). The van der Waals surface area contributed by atoms with Crippen LogP contribution in [0.1, 0.15) is 5.56 Å². The van der Waals surface area contributed by atoms with Crippen molar-refractivity contribution in [3.8, 4) is 11.3 Å². The molecule has 2 aromatic carbocycles. The minimum absolute atomic E-state index is 0.649. The number of alkyl halides is 3. The van der Waals surface area contributed by atoms with E-state index in [1.165, 1.54) is 12.1 Å². The molecule has 0 aliphatic carbocycles. The molecule has 0 aliphatic rings. The smallest absolute Gasteiger partial charge is 0.399 e. The molecule has 0 bridgehead atoms. The lowest BCUT2D eigenvalue weighted by Crippen LogP contribution is -2.03. The van der Waals surface area contributed by atoms with Gasteiger partial charge in [-0.15, -0.1) is 0 Å². The Kier molecular flexibility index (Phi) is 2.71. The Balaban J connectivity index is 2.02. The van der Waals surface area contributed by atoms with E-state index in [0.29, 0.717) is 11.3 Å². The van der Waals surface area contributed by atoms with E-state index in [-0.39, 0.29) is 0 Å². The predicted octanol–water partition coefficient (Wildman–Crippen LogP) is 4.44. The summed E-state index contributed by atoms with van der Waals surface area (Å²) >= 11 is 0. The highest BCUT2D eigenvalue weighted by atomic mass is 19.4. The number of anilines is 1. The quantitative estimate of drug-likeness (QED) is 0.634. The van der Waals surface area contributed by atoms with Crippen LogP contribution in [0.3, 0.4) is 0 Å². The number of fused-ring (bicyclic) bond motifs is 1. The first-order chi connectivity index (χ1) is 9.43. The van der Waals surface area contributed by atoms with Crippen LogP contribution in [-0.4, -0.2) is 4.98 Å². The summed E-state index contributed by atoms with van der Waals surface area (Å²) in [5.74, 6) is 0. The second kappa shape index (κ2) is 4.30. The highest BCUT2D eigenvalue weighted by Gasteiger charge is 2.29. The standard InChI is InChI=1S/C15H11F3N2/c16-15(17,18)11-3-1-9(2-4-11)14-8-10-7-12(19)5-6-13(10)20-14/h1-8,20H,19H2. The fourth-order valence-corrected chi connectivity index (χ4v) is 2.15. The van der Waals surface area contributed by atoms with Gasteiger partial charge in [0.05, 0.1) is 5.56 Å². The summed E-state index contributed by atoms with van der Waals surface area (Å²) in [6, 6.07) is 12.4. The fraction of sp³-hybridized carbons (Fsp3) is 0.0667. The summed E-state index contributed by atoms with van der Waals surface area (Å²) in [6.45, 7) is 0. The Hall–Kier alpha value is -2.43. The van der Waals surface area contributed by atoms with Crippen molar-refractivity contribution >= 4 is 16.6 Å². The van der Waals surface area contributed by atoms with E-state index in [0.717, 1.165) is 28.7 Å². The Morgan fingerprint density at radius 1 is 0.900 bits per heavy atom. The molecule has 0 spiro atoms. The van der Waals surface area contributed by atoms with Crippen molar-refractivity contribution < 1.29 is 13.2 Å². The van der Waals surface area contributed by atoms with Gasteiger partial charge in [-0.3, -0.25) is 0 Å². The Bertz CT molecular complexity index is 755. The Morgan fingerprint density at radius 3 is 2.25 bits per heavy atom. The van der Waals surface area contributed by atoms with Crippen LogP contribution < -0.4 is 5.73 Å². The van der Waals surface area contributed by atoms with Crippen molar-refractivity contribution in [3.05, 3.63) is 54.1 Å². The summed E-state index contributed by atoms with van der Waals surface area (Å²) in [5.41, 5.74) is 8.06. The molecule has 0 fully saturated rings. The predicted molar refractivity (Wildman–Crippen MR) is 73.1 cm³/mol. The fourth-order valence-electron chi connectivity index (χ4n) is 2.15. The van der Waals surface area contributed by atoms with Crippen LogP contribution >= 0.6 is 0 Å². The van der Waals surface area contributed by atoms with E-state index in [2.05, 4.69) is 4.98 Å². The minimum atomic E-state index is -4.31. The summed E-state index contributed by atoms with van der Waals surface area (Å²) in [7, 11) is 0. The van der Waals surface area contributed by atoms with E-state index in [4.69, 9.17) is 5.73 Å². The molecule has 0 radical (unpaired) electrons. The van der Waals surface area contributed by atoms with E-state index < -0.39 is 11.7 Å². The summed E-state index contributed by atoms with van der Waals surface area (Å²) in [5, 5.41) is 0.930. The molecule has 0 aliphatic heterocycles. The van der Waals surface area contributed by atoms with Gasteiger partial charge in [0.25, 0.3) is 0 Å². The maximum atomic E-state index is 12.5. The molecule has 2 nitrogen and oxygen atoms in total. The third-order valence-electron chi connectivity index (χ3n) is 3.17. The molecule has 0 saturated heterocycles. The van der Waals surface area contributed by atoms with Gasteiger partial charge >= 0.3 is 6.18 Å². The van der Waals surface area contributed by atoms with E-state index in [9.17, 15) is 13.2 Å². The average molecular weight is 276 g/mol. The van der Waals surface area contributed by atoms with Gasteiger partial charge in [0, 0.05) is 22.3 Å². The number of hydrogen-bond donors (Lipinski definition) is 2. The zero-order chi connectivity index (χ0) is 14.3. The molecular weight excluding hydrogens is 265 g/mol. The molecule has 0 atom stereocenters. The van der Waals surface area contributed by atoms with Crippen LogP contribution in [0.4, 0.5) is 18.9 Å². The van der Waals surface area contributed by atoms with Gasteiger partial charge in [0.15, 0.2) is 0 Å². The summed E-state index contributed by atoms with van der Waals surface area (Å²) in [6.07, 6.45) is -4.31. The zero-order valence-electron chi connectivity index (χ0n) is 10.3. The molecule has 20 heavy (non-hydrogen) atoms. The van der Waals surface area contributed by atoms with Crippen molar-refractivity contribution in [1.29, 1.82) is 0 Å². The number of hydrogen-bond acceptors (Lipinski definition) is 1. The number of nitrogens with two attached hydrogens (primary N) is 1. The number of rotatable bonds is 1. The molecule has 102 valence electrons. The summed E-state index contributed by atoms with van der Waals surface area (Å²) in [4.78, 5) is 3.16. The van der Waals surface area contributed by atoms with Crippen LogP contribution in [-0.2, 0) is 6.18 Å². The van der Waals surface area contributed by atoms with Gasteiger partial charge in [-0.05, 0) is 42.0 Å². The first kappa shape index (κ1) is 12.6. The normalized spacial score (nSPS) is 11.9. The SMILES string of the molecule is Nc1ccc2[nH]c(-c3ccc(C(F)(F)F)cc3)cc2c1. The van der Waals surface area contributed by atoms with Gasteiger partial charge in [-0.2, -0.15) is 13.2 Å². The molecular formula is C15H11F3N2. The largest absolute Gasteiger partial charge is 0.416 e. The second-order valence-corrected chi connectivity index (χ2v) is 4.60. The second-order valence-electron chi connectivity index (χ2n) is 4.60. The van der Waals surface area contributed by atoms with Crippen LogP contribution in [0.2, 0.25) is 0 Å². The van der Waals surface area contributed by atoms with Gasteiger partial charge in [-0.25, -0.2) is 0 Å². The van der Waals surface area contributed by atoms with Crippen molar-refractivity contribution in [2.45, 2.75) is 6.18 Å². The van der Waals surface area contributed by atoms with E-state index >= 15 is 0 Å². The maximum Gasteiger partial charge on any atom is 0.416 e. The van der Waals surface area contributed by atoms with Gasteiger partial charge in [0.1, 0.15) is 0 Å². The van der Waals surface area contributed by atoms with E-state index in [1.54, 1.807) is 6.07 Å². The van der Waals surface area contributed by atoms with Crippen molar-refractivity contribution in [1.82, 2.24) is 4.98 Å². The molecule has 5 heteroatoms. The number of aromatic amines is 1. The molecule has 1 aromatic heterocycles. The van der Waals surface area contributed by atoms with Crippen molar-refractivity contribution in [2.24, 2.45) is 0 Å². The molecule has 0 saturated carbocycles. The third kappa shape index (κ3) is 2.22. The lowest BCUT2D eigenvalue weighted by atomic mass is 10.1. The zero-order valence-corrected chi connectivity index (χ0v) is 10.3. The lowest BCUT2D eigenvalue weighted by molar-refractivity contribution is -0.137. The number of nitrogen functional groups attached to an aromatic ring is 1. The van der Waals surface area contributed by atoms with Crippen LogP contribution in [0.5, 0.6) is 0 Å².